The van der Waals surface area contributed by atoms with Crippen molar-refractivity contribution < 1.29 is 14.3 Å². The molecular weight excluding hydrogens is 144 g/mol. The molecule has 0 fully saturated rings. The summed E-state index contributed by atoms with van der Waals surface area (Å²) in [4.78, 5) is 21.1. The van der Waals surface area contributed by atoms with Gasteiger partial charge in [-0.1, -0.05) is 6.92 Å². The van der Waals surface area contributed by atoms with Crippen molar-refractivity contribution in [3.63, 3.8) is 0 Å². The minimum absolute atomic E-state index is 0.243. The van der Waals surface area contributed by atoms with Crippen LogP contribution in [0.25, 0.3) is 0 Å². The zero-order chi connectivity index (χ0) is 8.69. The summed E-state index contributed by atoms with van der Waals surface area (Å²) in [6, 6.07) is 0. The second-order valence-corrected chi connectivity index (χ2v) is 2.26. The molecule has 1 unspecified atom stereocenters. The van der Waals surface area contributed by atoms with Crippen LogP contribution in [0.2, 0.25) is 0 Å². The van der Waals surface area contributed by atoms with Crippen LogP contribution >= 0.6 is 0 Å². The maximum Gasteiger partial charge on any atom is 0.309 e. The van der Waals surface area contributed by atoms with Crippen LogP contribution in [0.4, 0.5) is 0 Å². The lowest BCUT2D eigenvalue weighted by molar-refractivity contribution is -0.149. The van der Waals surface area contributed by atoms with Crippen LogP contribution in [0.1, 0.15) is 26.7 Å². The molecule has 0 bridgehead atoms. The molecule has 3 nitrogen and oxygen atoms in total. The van der Waals surface area contributed by atoms with Crippen molar-refractivity contribution in [3.05, 3.63) is 0 Å². The predicted molar refractivity (Wildman–Crippen MR) is 41.1 cm³/mol. The highest BCUT2D eigenvalue weighted by Gasteiger charge is 2.16. The minimum atomic E-state index is -0.262. The molecule has 0 aliphatic heterocycles. The van der Waals surface area contributed by atoms with Crippen LogP contribution in [0, 0.1) is 5.92 Å². The molecule has 0 rings (SSSR count). The summed E-state index contributed by atoms with van der Waals surface area (Å²) in [5.74, 6) is -0.505. The van der Waals surface area contributed by atoms with Gasteiger partial charge in [-0.05, 0) is 13.3 Å². The van der Waals surface area contributed by atoms with Gasteiger partial charge < -0.3 is 9.53 Å². The fourth-order valence-electron chi connectivity index (χ4n) is 0.806. The van der Waals surface area contributed by atoms with E-state index in [0.29, 0.717) is 13.0 Å². The maximum atomic E-state index is 11.0. The third-order valence-electron chi connectivity index (χ3n) is 1.49. The van der Waals surface area contributed by atoms with Crippen LogP contribution in [-0.2, 0) is 14.3 Å². The van der Waals surface area contributed by atoms with E-state index in [1.54, 1.807) is 6.92 Å². The summed E-state index contributed by atoms with van der Waals surface area (Å²) < 4.78 is 4.75. The molecule has 11 heavy (non-hydrogen) atoms. The Morgan fingerprint density at radius 1 is 1.55 bits per heavy atom. The smallest absolute Gasteiger partial charge is 0.309 e. The highest BCUT2D eigenvalue weighted by Crippen LogP contribution is 2.08. The van der Waals surface area contributed by atoms with Gasteiger partial charge in [-0.25, -0.2) is 0 Å². The number of hydrogen-bond acceptors (Lipinski definition) is 3. The van der Waals surface area contributed by atoms with Crippen LogP contribution in [0.3, 0.4) is 0 Å². The van der Waals surface area contributed by atoms with Crippen molar-refractivity contribution in [3.8, 4) is 0 Å². The highest BCUT2D eigenvalue weighted by atomic mass is 16.5. The van der Waals surface area contributed by atoms with Gasteiger partial charge in [0.25, 0.3) is 0 Å². The zero-order valence-electron chi connectivity index (χ0n) is 7.00. The third-order valence-corrected chi connectivity index (χ3v) is 1.49. The van der Waals surface area contributed by atoms with E-state index in [1.165, 1.54) is 0 Å². The van der Waals surface area contributed by atoms with Gasteiger partial charge in [0, 0.05) is 6.42 Å². The van der Waals surface area contributed by atoms with Gasteiger partial charge in [0.2, 0.25) is 0 Å². The Kier molecular flexibility index (Phi) is 5.43. The molecule has 0 saturated carbocycles. The van der Waals surface area contributed by atoms with Gasteiger partial charge in [-0.3, -0.25) is 4.79 Å². The average Bonchev–Trinajstić information content (AvgIpc) is 2.00. The quantitative estimate of drug-likeness (QED) is 0.445. The van der Waals surface area contributed by atoms with Gasteiger partial charge in [-0.2, -0.15) is 0 Å². The van der Waals surface area contributed by atoms with Crippen molar-refractivity contribution in [1.29, 1.82) is 0 Å². The van der Waals surface area contributed by atoms with E-state index >= 15 is 0 Å². The Balaban J connectivity index is 3.80. The standard InChI is InChI=1S/C8H14O3/c1-3-7(5-6-9)8(10)11-4-2/h6-7H,3-5H2,1-2H3. The van der Waals surface area contributed by atoms with Gasteiger partial charge in [0.15, 0.2) is 0 Å². The van der Waals surface area contributed by atoms with Gasteiger partial charge in [-0.15, -0.1) is 0 Å². The minimum Gasteiger partial charge on any atom is -0.466 e. The molecule has 0 aromatic rings. The molecule has 0 aliphatic carbocycles. The zero-order valence-corrected chi connectivity index (χ0v) is 7.00. The molecule has 0 saturated heterocycles. The first-order valence-corrected chi connectivity index (χ1v) is 3.86. The van der Waals surface area contributed by atoms with E-state index in [9.17, 15) is 9.59 Å². The first-order chi connectivity index (χ1) is 5.26. The molecule has 1 atom stereocenters. The summed E-state index contributed by atoms with van der Waals surface area (Å²) in [5, 5.41) is 0. The number of carbonyl (C=O) groups excluding carboxylic acids is 2. The highest BCUT2D eigenvalue weighted by molar-refractivity contribution is 5.75. The molecule has 3 heteroatoms. The summed E-state index contributed by atoms with van der Waals surface area (Å²) in [6.45, 7) is 4.00. The lowest BCUT2D eigenvalue weighted by Crippen LogP contribution is -2.17. The summed E-state index contributed by atoms with van der Waals surface area (Å²) in [7, 11) is 0. The van der Waals surface area contributed by atoms with Crippen molar-refractivity contribution >= 4 is 12.3 Å². The van der Waals surface area contributed by atoms with Crippen molar-refractivity contribution in [2.24, 2.45) is 5.92 Å². The first-order valence-electron chi connectivity index (χ1n) is 3.86. The number of aldehydes is 1. The summed E-state index contributed by atoms with van der Waals surface area (Å²) in [5.41, 5.74) is 0. The van der Waals surface area contributed by atoms with Gasteiger partial charge in [0.1, 0.15) is 6.29 Å². The monoisotopic (exact) mass is 158 g/mol. The number of ether oxygens (including phenoxy) is 1. The van der Waals surface area contributed by atoms with Crippen LogP contribution in [0.5, 0.6) is 0 Å². The number of carbonyl (C=O) groups is 2. The second-order valence-electron chi connectivity index (χ2n) is 2.26. The van der Waals surface area contributed by atoms with Gasteiger partial charge >= 0.3 is 5.97 Å². The molecule has 0 radical (unpaired) electrons. The van der Waals surface area contributed by atoms with Crippen LogP contribution in [0.15, 0.2) is 0 Å². The molecule has 0 N–H and O–H groups in total. The predicted octanol–water partition coefficient (Wildman–Crippen LogP) is 1.16. The normalized spacial score (nSPS) is 12.2. The second kappa shape index (κ2) is 5.89. The number of rotatable bonds is 5. The molecule has 0 heterocycles. The van der Waals surface area contributed by atoms with Crippen molar-refractivity contribution in [1.82, 2.24) is 0 Å². The van der Waals surface area contributed by atoms with Crippen LogP contribution < -0.4 is 0 Å². The molecule has 64 valence electrons. The third kappa shape index (κ3) is 3.75. The first kappa shape index (κ1) is 10.1. The summed E-state index contributed by atoms with van der Waals surface area (Å²) in [6.07, 6.45) is 1.69. The van der Waals surface area contributed by atoms with E-state index in [0.717, 1.165) is 6.29 Å². The van der Waals surface area contributed by atoms with E-state index in [-0.39, 0.29) is 18.3 Å². The Hall–Kier alpha value is -0.860. The van der Waals surface area contributed by atoms with E-state index < -0.39 is 0 Å². The topological polar surface area (TPSA) is 43.4 Å². The van der Waals surface area contributed by atoms with E-state index in [1.807, 2.05) is 6.92 Å². The number of esters is 1. The Labute approximate surface area is 66.7 Å². The fraction of sp³-hybridized carbons (Fsp3) is 0.750. The van der Waals surface area contributed by atoms with Crippen LogP contribution in [-0.4, -0.2) is 18.9 Å². The van der Waals surface area contributed by atoms with Crippen molar-refractivity contribution in [2.75, 3.05) is 6.61 Å². The Morgan fingerprint density at radius 2 is 2.18 bits per heavy atom. The van der Waals surface area contributed by atoms with Gasteiger partial charge in [0.05, 0.1) is 12.5 Å². The molecule has 0 aliphatic rings. The molecule has 0 amide bonds. The molecule has 0 aromatic carbocycles. The summed E-state index contributed by atoms with van der Waals surface area (Å²) >= 11 is 0. The molecular formula is C8H14O3. The lowest BCUT2D eigenvalue weighted by atomic mass is 10.0. The Morgan fingerprint density at radius 3 is 2.55 bits per heavy atom. The lowest BCUT2D eigenvalue weighted by Gasteiger charge is -2.08. The Bertz CT molecular complexity index is 131. The number of hydrogen-bond donors (Lipinski definition) is 0. The fourth-order valence-corrected chi connectivity index (χ4v) is 0.806. The molecule has 0 spiro atoms. The van der Waals surface area contributed by atoms with Crippen molar-refractivity contribution in [2.45, 2.75) is 26.7 Å². The maximum absolute atomic E-state index is 11.0. The van der Waals surface area contributed by atoms with E-state index in [2.05, 4.69) is 0 Å². The average molecular weight is 158 g/mol. The molecule has 0 aromatic heterocycles. The largest absolute Gasteiger partial charge is 0.466 e. The SMILES string of the molecule is CCOC(=O)C(CC)CC=O. The van der Waals surface area contributed by atoms with E-state index in [4.69, 9.17) is 4.74 Å².